The van der Waals surface area contributed by atoms with Gasteiger partial charge in [-0.15, -0.1) is 0 Å². The smallest absolute Gasteiger partial charge is 0.272 e. The molecule has 0 spiro atoms. The molecule has 0 unspecified atom stereocenters. The average Bonchev–Trinajstić information content (AvgIpc) is 2.92. The first-order chi connectivity index (χ1) is 13.3. The van der Waals surface area contributed by atoms with Gasteiger partial charge in [0.2, 0.25) is 0 Å². The summed E-state index contributed by atoms with van der Waals surface area (Å²) in [6.07, 6.45) is 8.35. The number of nitrogens with zero attached hydrogens (tertiary/aromatic N) is 3. The summed E-state index contributed by atoms with van der Waals surface area (Å²) in [5.41, 5.74) is 4.38. The van der Waals surface area contributed by atoms with Crippen LogP contribution < -0.4 is 5.32 Å². The number of aromatic nitrogens is 2. The van der Waals surface area contributed by atoms with E-state index in [1.54, 1.807) is 0 Å². The molecule has 2 heterocycles. The second-order valence-corrected chi connectivity index (χ2v) is 7.68. The highest BCUT2D eigenvalue weighted by molar-refractivity contribution is 6.10. The fourth-order valence-corrected chi connectivity index (χ4v) is 4.24. The number of carbonyl (C=O) groups is 1. The van der Waals surface area contributed by atoms with Crippen molar-refractivity contribution in [2.75, 3.05) is 6.54 Å². The SMILES string of the molecule is CCCn1nc(CC2CCCCC2)c2c1C(=O)NCC(c1ccccc1)=N2. The molecule has 1 saturated carbocycles. The highest BCUT2D eigenvalue weighted by atomic mass is 16.2. The number of benzene rings is 1. The highest BCUT2D eigenvalue weighted by Gasteiger charge is 2.28. The highest BCUT2D eigenvalue weighted by Crippen LogP contribution is 2.33. The first-order valence-electron chi connectivity index (χ1n) is 10.3. The van der Waals surface area contributed by atoms with Crippen LogP contribution in [0.15, 0.2) is 35.3 Å². The lowest BCUT2D eigenvalue weighted by Crippen LogP contribution is -2.30. The van der Waals surface area contributed by atoms with Crippen LogP contribution in [0.4, 0.5) is 5.69 Å². The van der Waals surface area contributed by atoms with Crippen molar-refractivity contribution in [2.45, 2.75) is 58.4 Å². The Kier molecular flexibility index (Phi) is 5.37. The lowest BCUT2D eigenvalue weighted by Gasteiger charge is -2.20. The van der Waals surface area contributed by atoms with Gasteiger partial charge in [0, 0.05) is 6.54 Å². The van der Waals surface area contributed by atoms with E-state index in [0.717, 1.165) is 42.0 Å². The van der Waals surface area contributed by atoms with Gasteiger partial charge in [-0.25, -0.2) is 4.99 Å². The van der Waals surface area contributed by atoms with Gasteiger partial charge in [0.1, 0.15) is 5.69 Å². The molecule has 142 valence electrons. The van der Waals surface area contributed by atoms with E-state index in [0.29, 0.717) is 18.2 Å². The molecule has 5 nitrogen and oxygen atoms in total. The molecule has 1 N–H and O–H groups in total. The van der Waals surface area contributed by atoms with E-state index in [9.17, 15) is 4.79 Å². The van der Waals surface area contributed by atoms with Gasteiger partial charge in [0.05, 0.1) is 18.0 Å². The molecule has 5 heteroatoms. The quantitative estimate of drug-likeness (QED) is 0.861. The Morgan fingerprint density at radius 2 is 1.93 bits per heavy atom. The molecule has 1 aromatic carbocycles. The van der Waals surface area contributed by atoms with Crippen molar-refractivity contribution in [3.8, 4) is 0 Å². The van der Waals surface area contributed by atoms with E-state index in [1.165, 1.54) is 32.1 Å². The van der Waals surface area contributed by atoms with E-state index in [1.807, 2.05) is 35.0 Å². The molecule has 0 radical (unpaired) electrons. The normalized spacial score (nSPS) is 17.8. The molecule has 2 aliphatic rings. The van der Waals surface area contributed by atoms with Gasteiger partial charge in [-0.3, -0.25) is 9.48 Å². The van der Waals surface area contributed by atoms with Crippen LogP contribution >= 0.6 is 0 Å². The van der Waals surface area contributed by atoms with Gasteiger partial charge in [0.15, 0.2) is 5.69 Å². The lowest BCUT2D eigenvalue weighted by atomic mass is 9.86. The first kappa shape index (κ1) is 18.0. The number of hydrogen-bond donors (Lipinski definition) is 1. The van der Waals surface area contributed by atoms with Crippen molar-refractivity contribution < 1.29 is 4.79 Å². The minimum absolute atomic E-state index is 0.0597. The Bertz CT molecular complexity index is 831. The summed E-state index contributed by atoms with van der Waals surface area (Å²) in [6, 6.07) is 10.1. The monoisotopic (exact) mass is 364 g/mol. The zero-order valence-corrected chi connectivity index (χ0v) is 16.1. The molecule has 4 rings (SSSR count). The van der Waals surface area contributed by atoms with E-state index >= 15 is 0 Å². The number of amides is 1. The van der Waals surface area contributed by atoms with E-state index in [2.05, 4.69) is 12.2 Å². The Morgan fingerprint density at radius 1 is 1.15 bits per heavy atom. The summed E-state index contributed by atoms with van der Waals surface area (Å²) in [6.45, 7) is 3.31. The number of aliphatic imine (C=N–C) groups is 1. The molecular formula is C22H28N4O. The third kappa shape index (κ3) is 3.82. The maximum Gasteiger partial charge on any atom is 0.272 e. The van der Waals surface area contributed by atoms with Crippen LogP contribution in [0.5, 0.6) is 0 Å². The molecule has 1 aliphatic heterocycles. The summed E-state index contributed by atoms with van der Waals surface area (Å²) in [7, 11) is 0. The van der Waals surface area contributed by atoms with Crippen molar-refractivity contribution in [1.82, 2.24) is 15.1 Å². The zero-order chi connectivity index (χ0) is 18.6. The Morgan fingerprint density at radius 3 is 2.67 bits per heavy atom. The molecule has 1 amide bonds. The summed E-state index contributed by atoms with van der Waals surface area (Å²) >= 11 is 0. The fraction of sp³-hybridized carbons (Fsp3) is 0.500. The number of hydrogen-bond acceptors (Lipinski definition) is 3. The second-order valence-electron chi connectivity index (χ2n) is 7.68. The van der Waals surface area contributed by atoms with Crippen LogP contribution in [0.2, 0.25) is 0 Å². The van der Waals surface area contributed by atoms with Crippen LogP contribution in [-0.2, 0) is 13.0 Å². The van der Waals surface area contributed by atoms with Gasteiger partial charge in [-0.05, 0) is 24.3 Å². The Balaban J connectivity index is 1.76. The van der Waals surface area contributed by atoms with Crippen molar-refractivity contribution in [2.24, 2.45) is 10.9 Å². The van der Waals surface area contributed by atoms with E-state index < -0.39 is 0 Å². The van der Waals surface area contributed by atoms with Crippen LogP contribution in [-0.4, -0.2) is 27.9 Å². The van der Waals surface area contributed by atoms with Gasteiger partial charge in [-0.1, -0.05) is 69.4 Å². The van der Waals surface area contributed by atoms with Crippen molar-refractivity contribution in [1.29, 1.82) is 0 Å². The lowest BCUT2D eigenvalue weighted by molar-refractivity contribution is 0.0950. The first-order valence-corrected chi connectivity index (χ1v) is 10.3. The topological polar surface area (TPSA) is 59.3 Å². The number of aryl methyl sites for hydroxylation is 1. The Hall–Kier alpha value is -2.43. The molecule has 1 aromatic heterocycles. The van der Waals surface area contributed by atoms with Gasteiger partial charge < -0.3 is 5.32 Å². The number of rotatable bonds is 5. The van der Waals surface area contributed by atoms with Crippen LogP contribution in [0.3, 0.4) is 0 Å². The molecule has 1 aliphatic carbocycles. The van der Waals surface area contributed by atoms with Crippen LogP contribution in [0.25, 0.3) is 0 Å². The van der Waals surface area contributed by atoms with Crippen molar-refractivity contribution in [3.05, 3.63) is 47.3 Å². The Labute approximate surface area is 160 Å². The summed E-state index contributed by atoms with van der Waals surface area (Å²) in [5.74, 6) is 0.602. The predicted molar refractivity (Wildman–Crippen MR) is 108 cm³/mol. The predicted octanol–water partition coefficient (Wildman–Crippen LogP) is 4.28. The van der Waals surface area contributed by atoms with Crippen LogP contribution in [0.1, 0.15) is 67.2 Å². The molecule has 0 atom stereocenters. The zero-order valence-electron chi connectivity index (χ0n) is 16.1. The fourth-order valence-electron chi connectivity index (χ4n) is 4.24. The third-order valence-electron chi connectivity index (χ3n) is 5.62. The summed E-state index contributed by atoms with van der Waals surface area (Å²) < 4.78 is 1.88. The summed E-state index contributed by atoms with van der Waals surface area (Å²) in [4.78, 5) is 17.8. The minimum atomic E-state index is -0.0597. The van der Waals surface area contributed by atoms with Crippen LogP contribution in [0, 0.1) is 5.92 Å². The van der Waals surface area contributed by atoms with Crippen molar-refractivity contribution in [3.63, 3.8) is 0 Å². The van der Waals surface area contributed by atoms with E-state index in [4.69, 9.17) is 10.1 Å². The number of nitrogens with one attached hydrogen (secondary N) is 1. The minimum Gasteiger partial charge on any atom is -0.345 e. The molecule has 2 aromatic rings. The summed E-state index contributed by atoms with van der Waals surface area (Å²) in [5, 5.41) is 7.88. The number of fused-ring (bicyclic) bond motifs is 1. The van der Waals surface area contributed by atoms with Gasteiger partial charge in [0.25, 0.3) is 5.91 Å². The maximum atomic E-state index is 12.8. The molecule has 0 bridgehead atoms. The molecule has 27 heavy (non-hydrogen) atoms. The van der Waals surface area contributed by atoms with Gasteiger partial charge in [-0.2, -0.15) is 5.10 Å². The second kappa shape index (κ2) is 8.07. The van der Waals surface area contributed by atoms with E-state index in [-0.39, 0.29) is 5.91 Å². The third-order valence-corrected chi connectivity index (χ3v) is 5.62. The molecular weight excluding hydrogens is 336 g/mol. The average molecular weight is 364 g/mol. The molecule has 1 fully saturated rings. The van der Waals surface area contributed by atoms with Crippen molar-refractivity contribution >= 4 is 17.3 Å². The maximum absolute atomic E-state index is 12.8. The standard InChI is InChI=1S/C22H28N4O/c1-2-13-26-21-20(18(25-26)14-16-9-5-3-6-10-16)24-19(15-23-22(21)27)17-11-7-4-8-12-17/h4,7-8,11-12,16H,2-3,5-6,9-10,13-15H2,1H3,(H,23,27). The van der Waals surface area contributed by atoms with Gasteiger partial charge >= 0.3 is 0 Å². The number of carbonyl (C=O) groups excluding carboxylic acids is 1. The molecule has 0 saturated heterocycles. The largest absolute Gasteiger partial charge is 0.345 e.